The Morgan fingerprint density at radius 3 is 2.53 bits per heavy atom. The minimum atomic E-state index is -0.872. The molecule has 1 aliphatic rings. The van der Waals surface area contributed by atoms with E-state index in [0.717, 1.165) is 0 Å². The van der Waals surface area contributed by atoms with Gasteiger partial charge in [-0.15, -0.1) is 0 Å². The number of rotatable bonds is 2. The van der Waals surface area contributed by atoms with Crippen LogP contribution in [0.1, 0.15) is 23.2 Å². The summed E-state index contributed by atoms with van der Waals surface area (Å²) in [4.78, 5) is 28.5. The minimum Gasteiger partial charge on any atom is -0.481 e. The van der Waals surface area contributed by atoms with Gasteiger partial charge in [-0.25, -0.2) is 4.98 Å². The second kappa shape index (κ2) is 5.75. The zero-order chi connectivity index (χ0) is 14.0. The molecule has 5 nitrogen and oxygen atoms in total. The van der Waals surface area contributed by atoms with Gasteiger partial charge in [-0.2, -0.15) is 0 Å². The average molecular weight is 303 g/mol. The van der Waals surface area contributed by atoms with Crippen molar-refractivity contribution < 1.29 is 14.7 Å². The van der Waals surface area contributed by atoms with Crippen molar-refractivity contribution in [3.8, 4) is 0 Å². The molecule has 1 fully saturated rings. The van der Waals surface area contributed by atoms with Gasteiger partial charge in [0.2, 0.25) is 0 Å². The normalized spacial score (nSPS) is 19.3. The van der Waals surface area contributed by atoms with Crippen LogP contribution in [-0.2, 0) is 4.79 Å². The fourth-order valence-corrected chi connectivity index (χ4v) is 2.59. The highest BCUT2D eigenvalue weighted by atomic mass is 35.5. The third-order valence-corrected chi connectivity index (χ3v) is 3.45. The van der Waals surface area contributed by atoms with Crippen molar-refractivity contribution >= 4 is 35.1 Å². The van der Waals surface area contributed by atoms with Crippen molar-refractivity contribution in [3.63, 3.8) is 0 Å². The monoisotopic (exact) mass is 302 g/mol. The summed E-state index contributed by atoms with van der Waals surface area (Å²) in [5.74, 6) is -1.65. The number of hydrogen-bond acceptors (Lipinski definition) is 3. The molecular weight excluding hydrogens is 291 g/mol. The Bertz CT molecular complexity index is 501. The molecule has 1 aromatic rings. The van der Waals surface area contributed by atoms with Crippen LogP contribution in [-0.4, -0.2) is 40.0 Å². The molecule has 1 saturated heterocycles. The van der Waals surface area contributed by atoms with Gasteiger partial charge in [-0.05, 0) is 25.0 Å². The first kappa shape index (κ1) is 14.1. The number of aliphatic carboxylic acids is 1. The maximum atomic E-state index is 12.3. The SMILES string of the molecule is O=C(O)[C@H]1CCCN(C(=O)c2cc(Cl)nc(Cl)c2)C1. The van der Waals surface area contributed by atoms with E-state index in [9.17, 15) is 9.59 Å². The quantitative estimate of drug-likeness (QED) is 0.851. The molecule has 1 aliphatic heterocycles. The summed E-state index contributed by atoms with van der Waals surface area (Å²) in [5.41, 5.74) is 0.330. The van der Waals surface area contributed by atoms with Gasteiger partial charge in [0.1, 0.15) is 10.3 Å². The molecule has 1 amide bonds. The maximum Gasteiger partial charge on any atom is 0.308 e. The van der Waals surface area contributed by atoms with Gasteiger partial charge in [0, 0.05) is 18.7 Å². The molecule has 2 heterocycles. The maximum absolute atomic E-state index is 12.3. The Balaban J connectivity index is 2.16. The van der Waals surface area contributed by atoms with Gasteiger partial charge in [0.25, 0.3) is 5.91 Å². The summed E-state index contributed by atoms with van der Waals surface area (Å²) < 4.78 is 0. The zero-order valence-corrected chi connectivity index (χ0v) is 11.5. The first-order valence-corrected chi connectivity index (χ1v) is 6.58. The van der Waals surface area contributed by atoms with Gasteiger partial charge in [0.05, 0.1) is 5.92 Å². The number of carboxylic acids is 1. The zero-order valence-electron chi connectivity index (χ0n) is 9.97. The van der Waals surface area contributed by atoms with Crippen molar-refractivity contribution in [1.29, 1.82) is 0 Å². The summed E-state index contributed by atoms with van der Waals surface area (Å²) in [7, 11) is 0. The Morgan fingerprint density at radius 2 is 1.95 bits per heavy atom. The van der Waals surface area contributed by atoms with Crippen molar-refractivity contribution in [2.45, 2.75) is 12.8 Å². The third kappa shape index (κ3) is 3.36. The van der Waals surface area contributed by atoms with Gasteiger partial charge in [0.15, 0.2) is 0 Å². The summed E-state index contributed by atoms with van der Waals surface area (Å²) in [6, 6.07) is 2.86. The topological polar surface area (TPSA) is 70.5 Å². The van der Waals surface area contributed by atoms with E-state index in [2.05, 4.69) is 4.98 Å². The predicted molar refractivity (Wildman–Crippen MR) is 70.5 cm³/mol. The molecule has 19 heavy (non-hydrogen) atoms. The molecule has 0 aromatic carbocycles. The van der Waals surface area contributed by atoms with Gasteiger partial charge in [-0.1, -0.05) is 23.2 Å². The van der Waals surface area contributed by atoms with Gasteiger partial charge < -0.3 is 10.0 Å². The number of aromatic nitrogens is 1. The molecule has 0 unspecified atom stereocenters. The second-order valence-electron chi connectivity index (χ2n) is 4.43. The summed E-state index contributed by atoms with van der Waals surface area (Å²) in [6.07, 6.45) is 1.27. The van der Waals surface area contributed by atoms with E-state index in [1.165, 1.54) is 17.0 Å². The fraction of sp³-hybridized carbons (Fsp3) is 0.417. The minimum absolute atomic E-state index is 0.141. The molecule has 0 saturated carbocycles. The van der Waals surface area contributed by atoms with E-state index in [1.807, 2.05) is 0 Å². The lowest BCUT2D eigenvalue weighted by Gasteiger charge is -2.30. The van der Waals surface area contributed by atoms with Crippen LogP contribution in [0.3, 0.4) is 0 Å². The highest BCUT2D eigenvalue weighted by Crippen LogP contribution is 2.21. The third-order valence-electron chi connectivity index (χ3n) is 3.07. The van der Waals surface area contributed by atoms with Gasteiger partial charge >= 0.3 is 5.97 Å². The van der Waals surface area contributed by atoms with Crippen LogP contribution in [0.25, 0.3) is 0 Å². The van der Waals surface area contributed by atoms with Crippen LogP contribution in [0.15, 0.2) is 12.1 Å². The molecule has 2 rings (SSSR count). The number of nitrogens with zero attached hydrogens (tertiary/aromatic N) is 2. The molecule has 0 spiro atoms. The number of pyridine rings is 1. The van der Waals surface area contributed by atoms with Crippen LogP contribution < -0.4 is 0 Å². The highest BCUT2D eigenvalue weighted by Gasteiger charge is 2.28. The smallest absolute Gasteiger partial charge is 0.308 e. The standard InChI is InChI=1S/C12H12Cl2N2O3/c13-9-4-8(5-10(14)15-9)11(17)16-3-1-2-7(6-16)12(18)19/h4-5,7H,1-3,6H2,(H,18,19)/t7-/m0/s1. The van der Waals surface area contributed by atoms with E-state index in [0.29, 0.717) is 24.9 Å². The Labute approximate surface area is 120 Å². The number of halogens is 2. The number of carboxylic acid groups (broad SMARTS) is 1. The summed E-state index contributed by atoms with van der Waals surface area (Å²) >= 11 is 11.5. The lowest BCUT2D eigenvalue weighted by Crippen LogP contribution is -2.42. The van der Waals surface area contributed by atoms with Crippen LogP contribution in [0.2, 0.25) is 10.3 Å². The Hall–Kier alpha value is -1.33. The van der Waals surface area contributed by atoms with E-state index >= 15 is 0 Å². The number of amides is 1. The predicted octanol–water partition coefficient (Wildman–Crippen LogP) is 2.33. The molecule has 0 radical (unpaired) electrons. The lowest BCUT2D eigenvalue weighted by molar-refractivity contribution is -0.143. The molecule has 1 atom stereocenters. The number of hydrogen-bond donors (Lipinski definition) is 1. The van der Waals surface area contributed by atoms with Crippen molar-refractivity contribution in [2.24, 2.45) is 5.92 Å². The van der Waals surface area contributed by atoms with E-state index < -0.39 is 11.9 Å². The highest BCUT2D eigenvalue weighted by molar-refractivity contribution is 6.33. The number of carbonyl (C=O) groups is 2. The van der Waals surface area contributed by atoms with Crippen LogP contribution in [0, 0.1) is 5.92 Å². The molecule has 102 valence electrons. The fourth-order valence-electron chi connectivity index (χ4n) is 2.13. The number of piperidine rings is 1. The van der Waals surface area contributed by atoms with Crippen LogP contribution in [0.4, 0.5) is 0 Å². The molecule has 1 N–H and O–H groups in total. The van der Waals surface area contributed by atoms with Gasteiger partial charge in [-0.3, -0.25) is 9.59 Å². The molecule has 0 aliphatic carbocycles. The van der Waals surface area contributed by atoms with E-state index in [-0.39, 0.29) is 22.8 Å². The van der Waals surface area contributed by atoms with Crippen molar-refractivity contribution in [2.75, 3.05) is 13.1 Å². The Morgan fingerprint density at radius 1 is 1.32 bits per heavy atom. The van der Waals surface area contributed by atoms with E-state index in [1.54, 1.807) is 0 Å². The molecule has 0 bridgehead atoms. The summed E-state index contributed by atoms with van der Waals surface area (Å²) in [6.45, 7) is 0.756. The number of likely N-dealkylation sites (tertiary alicyclic amines) is 1. The number of carbonyl (C=O) groups excluding carboxylic acids is 1. The van der Waals surface area contributed by atoms with Crippen molar-refractivity contribution in [3.05, 3.63) is 28.0 Å². The largest absolute Gasteiger partial charge is 0.481 e. The van der Waals surface area contributed by atoms with Crippen LogP contribution in [0.5, 0.6) is 0 Å². The molecule has 7 heteroatoms. The first-order chi connectivity index (χ1) is 8.97. The summed E-state index contributed by atoms with van der Waals surface area (Å²) in [5, 5.41) is 9.29. The van der Waals surface area contributed by atoms with E-state index in [4.69, 9.17) is 28.3 Å². The Kier molecular flexibility index (Phi) is 4.27. The van der Waals surface area contributed by atoms with Crippen molar-refractivity contribution in [1.82, 2.24) is 9.88 Å². The first-order valence-electron chi connectivity index (χ1n) is 5.82. The average Bonchev–Trinajstić information content (AvgIpc) is 2.37. The van der Waals surface area contributed by atoms with Crippen LogP contribution >= 0.6 is 23.2 Å². The molecule has 1 aromatic heterocycles. The molecular formula is C12H12Cl2N2O3. The lowest BCUT2D eigenvalue weighted by atomic mass is 9.98. The second-order valence-corrected chi connectivity index (χ2v) is 5.20.